The second-order valence-corrected chi connectivity index (χ2v) is 3.70. The van der Waals surface area contributed by atoms with E-state index in [9.17, 15) is 4.39 Å². The molecule has 12 heavy (non-hydrogen) atoms. The molecule has 1 aromatic carbocycles. The zero-order valence-corrected chi connectivity index (χ0v) is 9.37. The maximum Gasteiger partial charge on any atom is 0.157 e. The fourth-order valence-electron chi connectivity index (χ4n) is 0.748. The van der Waals surface area contributed by atoms with Crippen molar-refractivity contribution in [3.8, 4) is 5.75 Å². The molecule has 0 atom stereocenters. The SMILES string of the molecule is COc1cc(N)c(Br)c(F)c1Br. The monoisotopic (exact) mass is 297 g/mol. The van der Waals surface area contributed by atoms with Crippen LogP contribution in [0.5, 0.6) is 5.75 Å². The average Bonchev–Trinajstić information content (AvgIpc) is 2.08. The summed E-state index contributed by atoms with van der Waals surface area (Å²) >= 11 is 6.05. The Morgan fingerprint density at radius 1 is 1.42 bits per heavy atom. The molecule has 0 saturated carbocycles. The molecule has 0 aromatic heterocycles. The predicted molar refractivity (Wildman–Crippen MR) is 52.8 cm³/mol. The van der Waals surface area contributed by atoms with Crippen molar-refractivity contribution in [1.29, 1.82) is 0 Å². The maximum atomic E-state index is 13.2. The van der Waals surface area contributed by atoms with E-state index in [4.69, 9.17) is 10.5 Å². The van der Waals surface area contributed by atoms with Gasteiger partial charge in [-0.3, -0.25) is 0 Å². The Balaban J connectivity index is 3.39. The number of benzene rings is 1. The second kappa shape index (κ2) is 3.62. The topological polar surface area (TPSA) is 35.2 Å². The van der Waals surface area contributed by atoms with E-state index in [1.165, 1.54) is 13.2 Å². The van der Waals surface area contributed by atoms with Crippen LogP contribution >= 0.6 is 31.9 Å². The molecule has 1 rings (SSSR count). The maximum absolute atomic E-state index is 13.2. The molecule has 5 heteroatoms. The lowest BCUT2D eigenvalue weighted by atomic mass is 10.3. The third-order valence-corrected chi connectivity index (χ3v) is 2.91. The smallest absolute Gasteiger partial charge is 0.157 e. The van der Waals surface area contributed by atoms with Crippen molar-refractivity contribution in [2.75, 3.05) is 12.8 Å². The molecule has 1 aromatic rings. The number of nitrogens with two attached hydrogens (primary N) is 1. The van der Waals surface area contributed by atoms with Gasteiger partial charge in [-0.25, -0.2) is 4.39 Å². The van der Waals surface area contributed by atoms with Crippen LogP contribution in [0.25, 0.3) is 0 Å². The molecule has 0 heterocycles. The summed E-state index contributed by atoms with van der Waals surface area (Å²) in [6.45, 7) is 0. The van der Waals surface area contributed by atoms with Crippen LogP contribution in [0.3, 0.4) is 0 Å². The van der Waals surface area contributed by atoms with Gasteiger partial charge in [0.25, 0.3) is 0 Å². The molecule has 2 nitrogen and oxygen atoms in total. The van der Waals surface area contributed by atoms with Gasteiger partial charge in [-0.2, -0.15) is 0 Å². The highest BCUT2D eigenvalue weighted by molar-refractivity contribution is 9.11. The van der Waals surface area contributed by atoms with Crippen molar-refractivity contribution in [1.82, 2.24) is 0 Å². The third-order valence-electron chi connectivity index (χ3n) is 1.36. The fraction of sp³-hybridized carbons (Fsp3) is 0.143. The highest BCUT2D eigenvalue weighted by Crippen LogP contribution is 2.36. The summed E-state index contributed by atoms with van der Waals surface area (Å²) < 4.78 is 18.6. The molecular formula is C7H6Br2FNO. The molecule has 0 amide bonds. The first-order valence-corrected chi connectivity index (χ1v) is 4.63. The van der Waals surface area contributed by atoms with E-state index in [0.717, 1.165) is 0 Å². The van der Waals surface area contributed by atoms with Gasteiger partial charge in [-0.1, -0.05) is 0 Å². The fourth-order valence-corrected chi connectivity index (χ4v) is 1.80. The first-order chi connectivity index (χ1) is 5.57. The van der Waals surface area contributed by atoms with Crippen molar-refractivity contribution < 1.29 is 9.13 Å². The van der Waals surface area contributed by atoms with Gasteiger partial charge in [0.2, 0.25) is 0 Å². The normalized spacial score (nSPS) is 10.0. The molecule has 0 radical (unpaired) electrons. The minimum absolute atomic E-state index is 0.246. The number of hydrogen-bond acceptors (Lipinski definition) is 2. The summed E-state index contributed by atoms with van der Waals surface area (Å²) in [4.78, 5) is 0. The molecule has 0 aliphatic rings. The summed E-state index contributed by atoms with van der Waals surface area (Å²) in [6, 6.07) is 1.54. The number of ether oxygens (including phenoxy) is 1. The highest BCUT2D eigenvalue weighted by Gasteiger charge is 2.13. The minimum Gasteiger partial charge on any atom is -0.495 e. The Hall–Kier alpha value is -0.290. The van der Waals surface area contributed by atoms with Crippen LogP contribution in [0.15, 0.2) is 15.0 Å². The summed E-state index contributed by atoms with van der Waals surface area (Å²) in [5, 5.41) is 0. The average molecular weight is 299 g/mol. The van der Waals surface area contributed by atoms with Crippen LogP contribution in [0.4, 0.5) is 10.1 Å². The van der Waals surface area contributed by atoms with Gasteiger partial charge in [-0.05, 0) is 31.9 Å². The van der Waals surface area contributed by atoms with Crippen molar-refractivity contribution >= 4 is 37.5 Å². The molecule has 0 spiro atoms. The van der Waals surface area contributed by atoms with Crippen molar-refractivity contribution in [2.45, 2.75) is 0 Å². The number of anilines is 1. The van der Waals surface area contributed by atoms with E-state index < -0.39 is 5.82 Å². The Labute approximate surface area is 86.2 Å². The first kappa shape index (κ1) is 9.80. The van der Waals surface area contributed by atoms with E-state index in [2.05, 4.69) is 31.9 Å². The van der Waals surface area contributed by atoms with Gasteiger partial charge in [0, 0.05) is 6.07 Å². The summed E-state index contributed by atoms with van der Waals surface area (Å²) in [6.07, 6.45) is 0. The third kappa shape index (κ3) is 1.56. The minimum atomic E-state index is -0.452. The molecule has 0 bridgehead atoms. The van der Waals surface area contributed by atoms with E-state index in [1.54, 1.807) is 0 Å². The molecule has 0 unspecified atom stereocenters. The van der Waals surface area contributed by atoms with Crippen LogP contribution in [-0.4, -0.2) is 7.11 Å². The number of rotatable bonds is 1. The van der Waals surface area contributed by atoms with Gasteiger partial charge in [0.15, 0.2) is 5.82 Å². The molecule has 0 aliphatic carbocycles. The van der Waals surface area contributed by atoms with Crippen LogP contribution in [-0.2, 0) is 0 Å². The standard InChI is InChI=1S/C7H6Br2FNO/c1-12-4-2-3(11)5(8)7(10)6(4)9/h2H,11H2,1H3. The first-order valence-electron chi connectivity index (χ1n) is 3.05. The molecule has 0 saturated heterocycles. The van der Waals surface area contributed by atoms with Crippen molar-refractivity contribution in [2.24, 2.45) is 0 Å². The number of nitrogen functional groups attached to an aromatic ring is 1. The Morgan fingerprint density at radius 2 is 2.00 bits per heavy atom. The molecule has 2 N–H and O–H groups in total. The van der Waals surface area contributed by atoms with Gasteiger partial charge in [0.05, 0.1) is 21.7 Å². The van der Waals surface area contributed by atoms with E-state index in [0.29, 0.717) is 11.4 Å². The Kier molecular flexibility index (Phi) is 2.95. The zero-order chi connectivity index (χ0) is 9.30. The van der Waals surface area contributed by atoms with Crippen LogP contribution in [0.2, 0.25) is 0 Å². The Morgan fingerprint density at radius 3 is 2.50 bits per heavy atom. The van der Waals surface area contributed by atoms with E-state index in [-0.39, 0.29) is 8.95 Å². The van der Waals surface area contributed by atoms with Gasteiger partial charge >= 0.3 is 0 Å². The van der Waals surface area contributed by atoms with Gasteiger partial charge in [0.1, 0.15) is 5.75 Å². The van der Waals surface area contributed by atoms with Crippen LogP contribution in [0.1, 0.15) is 0 Å². The molecule has 0 fully saturated rings. The summed E-state index contributed by atoms with van der Waals surface area (Å²) in [7, 11) is 1.45. The lowest BCUT2D eigenvalue weighted by molar-refractivity contribution is 0.408. The van der Waals surface area contributed by atoms with E-state index in [1.807, 2.05) is 0 Å². The largest absolute Gasteiger partial charge is 0.495 e. The van der Waals surface area contributed by atoms with Crippen LogP contribution in [0, 0.1) is 5.82 Å². The lowest BCUT2D eigenvalue weighted by Gasteiger charge is -2.07. The number of hydrogen-bond donors (Lipinski definition) is 1. The zero-order valence-electron chi connectivity index (χ0n) is 6.20. The number of methoxy groups -OCH3 is 1. The van der Waals surface area contributed by atoms with Crippen LogP contribution < -0.4 is 10.5 Å². The predicted octanol–water partition coefficient (Wildman–Crippen LogP) is 2.94. The van der Waals surface area contributed by atoms with Gasteiger partial charge in [-0.15, -0.1) is 0 Å². The second-order valence-electron chi connectivity index (χ2n) is 2.11. The van der Waals surface area contributed by atoms with Crippen molar-refractivity contribution in [3.05, 3.63) is 20.8 Å². The molecule has 66 valence electrons. The number of halogens is 3. The van der Waals surface area contributed by atoms with Crippen molar-refractivity contribution in [3.63, 3.8) is 0 Å². The van der Waals surface area contributed by atoms with E-state index >= 15 is 0 Å². The quantitative estimate of drug-likeness (QED) is 0.639. The Bertz CT molecular complexity index is 317. The summed E-state index contributed by atoms with van der Waals surface area (Å²) in [5.74, 6) is -0.0694. The lowest BCUT2D eigenvalue weighted by Crippen LogP contribution is -1.94. The summed E-state index contributed by atoms with van der Waals surface area (Å²) in [5.41, 5.74) is 5.79. The highest BCUT2D eigenvalue weighted by atomic mass is 79.9. The molecule has 0 aliphatic heterocycles. The molecular weight excluding hydrogens is 293 g/mol. The van der Waals surface area contributed by atoms with Gasteiger partial charge < -0.3 is 10.5 Å².